The average Bonchev–Trinajstić information content (AvgIpc) is 3.14. The number of hydrogen-bond acceptors (Lipinski definition) is 1. The highest BCUT2D eigenvalue weighted by Gasteiger charge is 2.33. The highest BCUT2D eigenvalue weighted by Crippen LogP contribution is 2.45. The molecular formula is C24H17BrCl2O. The number of Topliss-reactive ketones (excluding diaryl/α,β-unsaturated/α-hetero) is 1. The normalized spacial score (nSPS) is 16.5. The molecule has 28 heavy (non-hydrogen) atoms. The summed E-state index contributed by atoms with van der Waals surface area (Å²) < 4.78 is 0.964. The molecule has 1 nitrogen and oxygen atoms in total. The number of halogens is 3. The Bertz CT molecular complexity index is 1040. The summed E-state index contributed by atoms with van der Waals surface area (Å²) in [7, 11) is 0. The second-order valence-electron chi connectivity index (χ2n) is 6.87. The predicted molar refractivity (Wildman–Crippen MR) is 121 cm³/mol. The molecule has 0 bridgehead atoms. The molecule has 1 aliphatic carbocycles. The summed E-state index contributed by atoms with van der Waals surface area (Å²) in [4.78, 5) is 13.3. The summed E-state index contributed by atoms with van der Waals surface area (Å²) in [6, 6.07) is 23.2. The molecule has 1 atom stereocenters. The van der Waals surface area contributed by atoms with Crippen molar-refractivity contribution in [2.24, 2.45) is 5.92 Å². The van der Waals surface area contributed by atoms with Gasteiger partial charge in [0.2, 0.25) is 0 Å². The van der Waals surface area contributed by atoms with Crippen LogP contribution in [0.15, 0.2) is 77.3 Å². The average molecular weight is 472 g/mol. The number of hydrogen-bond donors (Lipinski definition) is 0. The number of allylic oxidation sites excluding steroid dienone is 2. The molecule has 1 unspecified atom stereocenters. The van der Waals surface area contributed by atoms with Crippen LogP contribution >= 0.6 is 39.1 Å². The van der Waals surface area contributed by atoms with E-state index in [0.29, 0.717) is 10.0 Å². The molecule has 3 aromatic carbocycles. The topological polar surface area (TPSA) is 17.1 Å². The van der Waals surface area contributed by atoms with E-state index in [4.69, 9.17) is 23.2 Å². The van der Waals surface area contributed by atoms with Gasteiger partial charge in [-0.05, 0) is 71.5 Å². The van der Waals surface area contributed by atoms with E-state index < -0.39 is 0 Å². The minimum Gasteiger partial charge on any atom is -0.293 e. The first-order valence-electron chi connectivity index (χ1n) is 9.07. The second kappa shape index (κ2) is 8.24. The van der Waals surface area contributed by atoms with Gasteiger partial charge in [-0.15, -0.1) is 0 Å². The molecule has 4 heteroatoms. The highest BCUT2D eigenvalue weighted by molar-refractivity contribution is 9.10. The highest BCUT2D eigenvalue weighted by atomic mass is 79.9. The first-order valence-corrected chi connectivity index (χ1v) is 10.6. The lowest BCUT2D eigenvalue weighted by Gasteiger charge is -2.16. The van der Waals surface area contributed by atoms with E-state index in [-0.39, 0.29) is 11.7 Å². The van der Waals surface area contributed by atoms with Gasteiger partial charge in [0.15, 0.2) is 5.78 Å². The fraction of sp³-hybridized carbons (Fsp3) is 0.125. The quantitative estimate of drug-likeness (QED) is 0.352. The van der Waals surface area contributed by atoms with Crippen molar-refractivity contribution in [1.82, 2.24) is 0 Å². The third kappa shape index (κ3) is 3.96. The van der Waals surface area contributed by atoms with Gasteiger partial charge >= 0.3 is 0 Å². The Morgan fingerprint density at radius 1 is 0.786 bits per heavy atom. The fourth-order valence-electron chi connectivity index (χ4n) is 3.81. The molecule has 0 N–H and O–H groups in total. The van der Waals surface area contributed by atoms with Crippen molar-refractivity contribution < 1.29 is 4.79 Å². The molecule has 0 saturated heterocycles. The second-order valence-corrected chi connectivity index (χ2v) is 8.66. The molecule has 0 amide bonds. The number of ketones is 1. The number of carbonyl (C=O) groups is 1. The third-order valence-electron chi connectivity index (χ3n) is 5.15. The van der Waals surface area contributed by atoms with Crippen molar-refractivity contribution in [3.63, 3.8) is 0 Å². The standard InChI is InChI=1S/C24H17BrCl2O/c25-18-7-1-17(2-8-18)24(28)22-14-13-21(15-3-9-19(26)10-4-15)23(22)16-5-11-20(27)12-6-16/h1-12,22H,13-14H2. The van der Waals surface area contributed by atoms with Crippen LogP contribution in [0.3, 0.4) is 0 Å². The Kier molecular flexibility index (Phi) is 5.73. The summed E-state index contributed by atoms with van der Waals surface area (Å²) in [6.07, 6.45) is 1.65. The number of rotatable bonds is 4. The van der Waals surface area contributed by atoms with Gasteiger partial charge in [0, 0.05) is 26.0 Å². The molecule has 0 heterocycles. The van der Waals surface area contributed by atoms with E-state index in [1.807, 2.05) is 72.8 Å². The summed E-state index contributed by atoms with van der Waals surface area (Å²) in [5.74, 6) is -0.0190. The zero-order chi connectivity index (χ0) is 19.7. The molecule has 0 radical (unpaired) electrons. The molecule has 0 spiro atoms. The van der Waals surface area contributed by atoms with Crippen molar-refractivity contribution >= 4 is 56.1 Å². The van der Waals surface area contributed by atoms with Gasteiger partial charge in [0.1, 0.15) is 0 Å². The smallest absolute Gasteiger partial charge is 0.170 e. The van der Waals surface area contributed by atoms with Crippen LogP contribution in [0.5, 0.6) is 0 Å². The van der Waals surface area contributed by atoms with Crippen LogP contribution in [-0.2, 0) is 0 Å². The van der Waals surface area contributed by atoms with E-state index in [2.05, 4.69) is 15.9 Å². The summed E-state index contributed by atoms with van der Waals surface area (Å²) in [5.41, 5.74) is 5.18. The van der Waals surface area contributed by atoms with E-state index in [0.717, 1.165) is 39.6 Å². The van der Waals surface area contributed by atoms with Gasteiger partial charge in [-0.1, -0.05) is 75.5 Å². The van der Waals surface area contributed by atoms with Gasteiger partial charge < -0.3 is 0 Å². The Morgan fingerprint density at radius 2 is 1.32 bits per heavy atom. The number of benzene rings is 3. The van der Waals surface area contributed by atoms with Crippen LogP contribution in [0, 0.1) is 5.92 Å². The van der Waals surface area contributed by atoms with Crippen LogP contribution in [0.2, 0.25) is 10.0 Å². The Morgan fingerprint density at radius 3 is 1.89 bits per heavy atom. The zero-order valence-electron chi connectivity index (χ0n) is 15.0. The van der Waals surface area contributed by atoms with Crippen molar-refractivity contribution in [2.75, 3.05) is 0 Å². The maximum absolute atomic E-state index is 13.3. The van der Waals surface area contributed by atoms with Crippen LogP contribution in [-0.4, -0.2) is 5.78 Å². The molecule has 0 saturated carbocycles. The minimum atomic E-state index is -0.173. The van der Waals surface area contributed by atoms with E-state index in [1.54, 1.807) is 0 Å². The molecule has 3 aromatic rings. The zero-order valence-corrected chi connectivity index (χ0v) is 18.1. The summed E-state index contributed by atoms with van der Waals surface area (Å²) >= 11 is 15.6. The first-order chi connectivity index (χ1) is 13.5. The minimum absolute atomic E-state index is 0.154. The van der Waals surface area contributed by atoms with Crippen LogP contribution < -0.4 is 0 Å². The van der Waals surface area contributed by atoms with Crippen molar-refractivity contribution in [2.45, 2.75) is 12.8 Å². The Labute approximate surface area is 183 Å². The molecular weight excluding hydrogens is 455 g/mol. The van der Waals surface area contributed by atoms with Crippen molar-refractivity contribution in [1.29, 1.82) is 0 Å². The maximum atomic E-state index is 13.3. The maximum Gasteiger partial charge on any atom is 0.170 e. The van der Waals surface area contributed by atoms with E-state index in [9.17, 15) is 4.79 Å². The van der Waals surface area contributed by atoms with Crippen LogP contribution in [0.25, 0.3) is 11.1 Å². The lowest BCUT2D eigenvalue weighted by molar-refractivity contribution is 0.0949. The summed E-state index contributed by atoms with van der Waals surface area (Å²) in [6.45, 7) is 0. The first kappa shape index (κ1) is 19.4. The molecule has 140 valence electrons. The van der Waals surface area contributed by atoms with Gasteiger partial charge in [0.25, 0.3) is 0 Å². The van der Waals surface area contributed by atoms with Crippen molar-refractivity contribution in [3.05, 3.63) is 104 Å². The Balaban J connectivity index is 1.81. The molecule has 4 rings (SSSR count). The molecule has 1 aliphatic rings. The van der Waals surface area contributed by atoms with E-state index >= 15 is 0 Å². The lowest BCUT2D eigenvalue weighted by Crippen LogP contribution is -2.14. The molecule has 0 fully saturated rings. The van der Waals surface area contributed by atoms with Gasteiger partial charge in [-0.2, -0.15) is 0 Å². The largest absolute Gasteiger partial charge is 0.293 e. The van der Waals surface area contributed by atoms with Crippen LogP contribution in [0.4, 0.5) is 0 Å². The Hall–Kier alpha value is -1.87. The van der Waals surface area contributed by atoms with Gasteiger partial charge in [-0.3, -0.25) is 4.79 Å². The monoisotopic (exact) mass is 470 g/mol. The van der Waals surface area contributed by atoms with Gasteiger partial charge in [-0.25, -0.2) is 0 Å². The van der Waals surface area contributed by atoms with Crippen LogP contribution in [0.1, 0.15) is 34.3 Å². The fourth-order valence-corrected chi connectivity index (χ4v) is 4.33. The predicted octanol–water partition coefficient (Wildman–Crippen LogP) is 7.96. The molecule has 0 aliphatic heterocycles. The summed E-state index contributed by atoms with van der Waals surface area (Å²) in [5, 5.41) is 1.39. The SMILES string of the molecule is O=C(c1ccc(Br)cc1)C1CCC(c2ccc(Cl)cc2)=C1c1ccc(Cl)cc1. The lowest BCUT2D eigenvalue weighted by atomic mass is 9.86. The number of carbonyl (C=O) groups excluding carboxylic acids is 1. The van der Waals surface area contributed by atoms with E-state index in [1.165, 1.54) is 5.57 Å². The third-order valence-corrected chi connectivity index (χ3v) is 6.18. The van der Waals surface area contributed by atoms with Crippen molar-refractivity contribution in [3.8, 4) is 0 Å². The van der Waals surface area contributed by atoms with Gasteiger partial charge in [0.05, 0.1) is 0 Å². The molecule has 0 aromatic heterocycles.